The zero-order valence-corrected chi connectivity index (χ0v) is 7.85. The third-order valence-electron chi connectivity index (χ3n) is 1.63. The third kappa shape index (κ3) is 1.73. The van der Waals surface area contributed by atoms with Gasteiger partial charge in [0, 0.05) is 10.2 Å². The van der Waals surface area contributed by atoms with Crippen LogP contribution in [0.25, 0.3) is 0 Å². The summed E-state index contributed by atoms with van der Waals surface area (Å²) in [7, 11) is 0. The zero-order valence-electron chi connectivity index (χ0n) is 6.26. The molecule has 0 saturated carbocycles. The smallest absolute Gasteiger partial charge is 0.0683 e. The van der Waals surface area contributed by atoms with Gasteiger partial charge < -0.3 is 10.8 Å². The van der Waals surface area contributed by atoms with Crippen LogP contribution in [0.4, 0.5) is 5.69 Å². The lowest BCUT2D eigenvalue weighted by Crippen LogP contribution is -1.93. The summed E-state index contributed by atoms with van der Waals surface area (Å²) in [5, 5.41) is 8.80. The molecule has 60 valence electrons. The maximum absolute atomic E-state index is 8.80. The van der Waals surface area contributed by atoms with Gasteiger partial charge in [0.05, 0.1) is 6.61 Å². The van der Waals surface area contributed by atoms with E-state index in [0.29, 0.717) is 5.69 Å². The molecule has 11 heavy (non-hydrogen) atoms. The Morgan fingerprint density at radius 1 is 1.55 bits per heavy atom. The molecule has 0 bridgehead atoms. The molecule has 0 atom stereocenters. The van der Waals surface area contributed by atoms with Gasteiger partial charge in [-0.3, -0.25) is 0 Å². The Morgan fingerprint density at radius 3 is 2.64 bits per heavy atom. The lowest BCUT2D eigenvalue weighted by Gasteiger charge is -2.04. The fraction of sp³-hybridized carbons (Fsp3) is 0.250. The van der Waals surface area contributed by atoms with Crippen LogP contribution in [0.15, 0.2) is 16.6 Å². The number of hydrogen-bond acceptors (Lipinski definition) is 2. The summed E-state index contributed by atoms with van der Waals surface area (Å²) in [5.41, 5.74) is 8.22. The van der Waals surface area contributed by atoms with Crippen molar-refractivity contribution in [1.29, 1.82) is 0 Å². The van der Waals surface area contributed by atoms with Crippen molar-refractivity contribution < 1.29 is 5.11 Å². The highest BCUT2D eigenvalue weighted by atomic mass is 79.9. The van der Waals surface area contributed by atoms with E-state index in [1.54, 1.807) is 6.07 Å². The minimum Gasteiger partial charge on any atom is -0.398 e. The second-order valence-electron chi connectivity index (χ2n) is 2.45. The number of halogens is 1. The molecule has 0 spiro atoms. The molecule has 1 rings (SSSR count). The zero-order chi connectivity index (χ0) is 8.43. The van der Waals surface area contributed by atoms with Gasteiger partial charge in [-0.25, -0.2) is 0 Å². The van der Waals surface area contributed by atoms with Crippen molar-refractivity contribution in [2.75, 3.05) is 5.73 Å². The van der Waals surface area contributed by atoms with Crippen LogP contribution in [0.3, 0.4) is 0 Å². The number of rotatable bonds is 1. The van der Waals surface area contributed by atoms with E-state index in [1.165, 1.54) is 0 Å². The Hall–Kier alpha value is -0.540. The highest BCUT2D eigenvalue weighted by Crippen LogP contribution is 2.23. The third-order valence-corrected chi connectivity index (χ3v) is 2.45. The summed E-state index contributed by atoms with van der Waals surface area (Å²) < 4.78 is 0.946. The van der Waals surface area contributed by atoms with Gasteiger partial charge in [-0.2, -0.15) is 0 Å². The Bertz CT molecular complexity index is 250. The van der Waals surface area contributed by atoms with Gasteiger partial charge in [0.15, 0.2) is 0 Å². The van der Waals surface area contributed by atoms with Crippen LogP contribution >= 0.6 is 15.9 Å². The largest absolute Gasteiger partial charge is 0.398 e. The molecule has 1 aromatic rings. The van der Waals surface area contributed by atoms with E-state index in [1.807, 2.05) is 13.0 Å². The quantitative estimate of drug-likeness (QED) is 0.703. The van der Waals surface area contributed by atoms with Crippen molar-refractivity contribution >= 4 is 21.6 Å². The van der Waals surface area contributed by atoms with Gasteiger partial charge >= 0.3 is 0 Å². The van der Waals surface area contributed by atoms with Crippen LogP contribution in [-0.4, -0.2) is 5.11 Å². The van der Waals surface area contributed by atoms with Gasteiger partial charge in [-0.15, -0.1) is 0 Å². The summed E-state index contributed by atoms with van der Waals surface area (Å²) in [6, 6.07) is 3.64. The van der Waals surface area contributed by atoms with Crippen molar-refractivity contribution in [2.45, 2.75) is 13.5 Å². The van der Waals surface area contributed by atoms with Gasteiger partial charge in [-0.05, 0) is 30.2 Å². The SMILES string of the molecule is Cc1c(N)cc(CO)cc1Br. The second-order valence-corrected chi connectivity index (χ2v) is 3.30. The molecule has 0 unspecified atom stereocenters. The fourth-order valence-corrected chi connectivity index (χ4v) is 1.37. The Morgan fingerprint density at radius 2 is 2.18 bits per heavy atom. The molecule has 1 aromatic carbocycles. The molecule has 0 amide bonds. The normalized spacial score (nSPS) is 10.1. The minimum atomic E-state index is 0.0308. The van der Waals surface area contributed by atoms with Crippen LogP contribution < -0.4 is 5.73 Å². The van der Waals surface area contributed by atoms with Crippen molar-refractivity contribution in [3.05, 3.63) is 27.7 Å². The first kappa shape index (κ1) is 8.56. The van der Waals surface area contributed by atoms with E-state index in [-0.39, 0.29) is 6.61 Å². The summed E-state index contributed by atoms with van der Waals surface area (Å²) in [6.07, 6.45) is 0. The number of hydrogen-bond donors (Lipinski definition) is 2. The van der Waals surface area contributed by atoms with Crippen LogP contribution in [0, 0.1) is 6.92 Å². The Kier molecular flexibility index (Phi) is 2.52. The number of aliphatic hydroxyl groups is 1. The topological polar surface area (TPSA) is 46.2 Å². The predicted octanol–water partition coefficient (Wildman–Crippen LogP) is 1.83. The number of nitrogens with two attached hydrogens (primary N) is 1. The van der Waals surface area contributed by atoms with E-state index in [4.69, 9.17) is 10.8 Å². The van der Waals surface area contributed by atoms with Crippen molar-refractivity contribution in [3.8, 4) is 0 Å². The van der Waals surface area contributed by atoms with Crippen LogP contribution in [0.2, 0.25) is 0 Å². The molecule has 0 radical (unpaired) electrons. The maximum Gasteiger partial charge on any atom is 0.0683 e. The van der Waals surface area contributed by atoms with Crippen LogP contribution in [0.5, 0.6) is 0 Å². The highest BCUT2D eigenvalue weighted by Gasteiger charge is 2.00. The highest BCUT2D eigenvalue weighted by molar-refractivity contribution is 9.10. The van der Waals surface area contributed by atoms with E-state index in [0.717, 1.165) is 15.6 Å². The molecular weight excluding hydrogens is 206 g/mol. The standard InChI is InChI=1S/C8H10BrNO/c1-5-7(9)2-6(4-11)3-8(5)10/h2-3,11H,4,10H2,1H3. The predicted molar refractivity (Wildman–Crippen MR) is 49.2 cm³/mol. The number of aliphatic hydroxyl groups excluding tert-OH is 1. The molecule has 0 aromatic heterocycles. The molecule has 0 fully saturated rings. The molecule has 0 heterocycles. The summed E-state index contributed by atoms with van der Waals surface area (Å²) in [6.45, 7) is 1.96. The first-order valence-corrected chi connectivity index (χ1v) is 4.10. The lowest BCUT2D eigenvalue weighted by atomic mass is 10.1. The first-order valence-electron chi connectivity index (χ1n) is 3.30. The average Bonchev–Trinajstić information content (AvgIpc) is 1.99. The van der Waals surface area contributed by atoms with Gasteiger partial charge in [0.2, 0.25) is 0 Å². The lowest BCUT2D eigenvalue weighted by molar-refractivity contribution is 0.282. The summed E-state index contributed by atoms with van der Waals surface area (Å²) in [5.74, 6) is 0. The monoisotopic (exact) mass is 215 g/mol. The van der Waals surface area contributed by atoms with E-state index >= 15 is 0 Å². The van der Waals surface area contributed by atoms with Crippen molar-refractivity contribution in [1.82, 2.24) is 0 Å². The molecular formula is C8H10BrNO. The molecule has 3 heteroatoms. The molecule has 2 nitrogen and oxygen atoms in total. The van der Waals surface area contributed by atoms with Gasteiger partial charge in [0.25, 0.3) is 0 Å². The van der Waals surface area contributed by atoms with Gasteiger partial charge in [-0.1, -0.05) is 15.9 Å². The molecule has 3 N–H and O–H groups in total. The van der Waals surface area contributed by atoms with E-state index in [9.17, 15) is 0 Å². The first-order chi connectivity index (χ1) is 5.15. The molecule has 0 aliphatic carbocycles. The van der Waals surface area contributed by atoms with Crippen LogP contribution in [0.1, 0.15) is 11.1 Å². The fourth-order valence-electron chi connectivity index (χ4n) is 0.850. The molecule has 0 aliphatic rings. The maximum atomic E-state index is 8.80. The average molecular weight is 216 g/mol. The van der Waals surface area contributed by atoms with Crippen LogP contribution in [-0.2, 0) is 6.61 Å². The number of anilines is 1. The van der Waals surface area contributed by atoms with E-state index in [2.05, 4.69) is 15.9 Å². The summed E-state index contributed by atoms with van der Waals surface area (Å²) >= 11 is 3.35. The van der Waals surface area contributed by atoms with Crippen molar-refractivity contribution in [3.63, 3.8) is 0 Å². The van der Waals surface area contributed by atoms with Crippen molar-refractivity contribution in [2.24, 2.45) is 0 Å². The Labute approximate surface area is 74.2 Å². The molecule has 0 aliphatic heterocycles. The minimum absolute atomic E-state index is 0.0308. The summed E-state index contributed by atoms with van der Waals surface area (Å²) in [4.78, 5) is 0. The number of nitrogen functional groups attached to an aromatic ring is 1. The second kappa shape index (κ2) is 3.24. The number of benzene rings is 1. The Balaban J connectivity index is 3.21. The van der Waals surface area contributed by atoms with E-state index < -0.39 is 0 Å². The van der Waals surface area contributed by atoms with Gasteiger partial charge in [0.1, 0.15) is 0 Å². The molecule has 0 saturated heterocycles.